The zero-order valence-electron chi connectivity index (χ0n) is 7.73. The SMILES string of the molecule is COc1cc2c(cc1Br)C(C)=CC2. The molecular formula is C11H11BrO. The monoisotopic (exact) mass is 238 g/mol. The van der Waals surface area contributed by atoms with Crippen molar-refractivity contribution in [3.63, 3.8) is 0 Å². The van der Waals surface area contributed by atoms with Crippen LogP contribution in [0.2, 0.25) is 0 Å². The van der Waals surface area contributed by atoms with E-state index in [1.165, 1.54) is 16.7 Å². The second-order valence-electron chi connectivity index (χ2n) is 3.24. The zero-order valence-corrected chi connectivity index (χ0v) is 9.31. The van der Waals surface area contributed by atoms with E-state index < -0.39 is 0 Å². The summed E-state index contributed by atoms with van der Waals surface area (Å²) in [5.41, 5.74) is 4.06. The van der Waals surface area contributed by atoms with Crippen molar-refractivity contribution < 1.29 is 4.74 Å². The predicted octanol–water partition coefficient (Wildman–Crippen LogP) is 3.42. The second-order valence-corrected chi connectivity index (χ2v) is 4.09. The number of halogens is 1. The largest absolute Gasteiger partial charge is 0.496 e. The third-order valence-corrected chi connectivity index (χ3v) is 3.05. The summed E-state index contributed by atoms with van der Waals surface area (Å²) in [5.74, 6) is 0.918. The molecule has 2 heteroatoms. The quantitative estimate of drug-likeness (QED) is 0.729. The van der Waals surface area contributed by atoms with Crippen molar-refractivity contribution >= 4 is 21.5 Å². The molecule has 1 aromatic rings. The second kappa shape index (κ2) is 3.18. The van der Waals surface area contributed by atoms with E-state index in [9.17, 15) is 0 Å². The van der Waals surface area contributed by atoms with Crippen LogP contribution in [-0.2, 0) is 6.42 Å². The highest BCUT2D eigenvalue weighted by Gasteiger charge is 2.13. The van der Waals surface area contributed by atoms with E-state index in [1.54, 1.807) is 7.11 Å². The van der Waals surface area contributed by atoms with Gasteiger partial charge in [0.15, 0.2) is 0 Å². The van der Waals surface area contributed by atoms with Crippen LogP contribution in [0.3, 0.4) is 0 Å². The molecular weight excluding hydrogens is 228 g/mol. The first-order valence-electron chi connectivity index (χ1n) is 4.26. The number of hydrogen-bond donors (Lipinski definition) is 0. The molecule has 1 aromatic carbocycles. The average Bonchev–Trinajstić information content (AvgIpc) is 2.47. The third kappa shape index (κ3) is 1.39. The molecule has 0 aromatic heterocycles. The van der Waals surface area contributed by atoms with Gasteiger partial charge in [0.25, 0.3) is 0 Å². The highest BCUT2D eigenvalue weighted by Crippen LogP contribution is 2.35. The molecule has 0 unspecified atom stereocenters. The van der Waals surface area contributed by atoms with Crippen molar-refractivity contribution in [3.8, 4) is 5.75 Å². The number of fused-ring (bicyclic) bond motifs is 1. The summed E-state index contributed by atoms with van der Waals surface area (Å²) in [6, 6.07) is 4.24. The van der Waals surface area contributed by atoms with Crippen molar-refractivity contribution in [3.05, 3.63) is 33.8 Å². The predicted molar refractivity (Wildman–Crippen MR) is 58.0 cm³/mol. The maximum absolute atomic E-state index is 5.24. The highest BCUT2D eigenvalue weighted by molar-refractivity contribution is 9.10. The van der Waals surface area contributed by atoms with E-state index in [1.807, 2.05) is 0 Å². The maximum atomic E-state index is 5.24. The van der Waals surface area contributed by atoms with Gasteiger partial charge in [0.2, 0.25) is 0 Å². The van der Waals surface area contributed by atoms with Gasteiger partial charge in [-0.15, -0.1) is 0 Å². The Morgan fingerprint density at radius 3 is 2.85 bits per heavy atom. The summed E-state index contributed by atoms with van der Waals surface area (Å²) in [6.45, 7) is 2.14. The lowest BCUT2D eigenvalue weighted by atomic mass is 10.1. The zero-order chi connectivity index (χ0) is 9.42. The summed E-state index contributed by atoms with van der Waals surface area (Å²) in [6.07, 6.45) is 3.28. The van der Waals surface area contributed by atoms with Gasteiger partial charge in [-0.05, 0) is 58.1 Å². The van der Waals surface area contributed by atoms with Gasteiger partial charge in [-0.25, -0.2) is 0 Å². The fraction of sp³-hybridized carbons (Fsp3) is 0.273. The lowest BCUT2D eigenvalue weighted by Crippen LogP contribution is -1.89. The van der Waals surface area contributed by atoms with E-state index in [-0.39, 0.29) is 0 Å². The van der Waals surface area contributed by atoms with Crippen LogP contribution in [-0.4, -0.2) is 7.11 Å². The smallest absolute Gasteiger partial charge is 0.133 e. The minimum Gasteiger partial charge on any atom is -0.496 e. The minimum absolute atomic E-state index is 0.918. The molecule has 0 amide bonds. The van der Waals surface area contributed by atoms with Crippen LogP contribution in [0.25, 0.3) is 5.57 Å². The Kier molecular flexibility index (Phi) is 2.16. The van der Waals surface area contributed by atoms with E-state index in [0.29, 0.717) is 0 Å². The Labute approximate surface area is 86.5 Å². The topological polar surface area (TPSA) is 9.23 Å². The molecule has 0 radical (unpaired) electrons. The molecule has 0 fully saturated rings. The van der Waals surface area contributed by atoms with Gasteiger partial charge in [0.05, 0.1) is 11.6 Å². The minimum atomic E-state index is 0.918. The van der Waals surface area contributed by atoms with Crippen molar-refractivity contribution in [2.45, 2.75) is 13.3 Å². The van der Waals surface area contributed by atoms with Crippen molar-refractivity contribution in [1.82, 2.24) is 0 Å². The maximum Gasteiger partial charge on any atom is 0.133 e. The Bertz CT molecular complexity index is 380. The summed E-state index contributed by atoms with van der Waals surface area (Å²) in [4.78, 5) is 0. The van der Waals surface area contributed by atoms with Crippen LogP contribution in [0.5, 0.6) is 5.75 Å². The molecule has 2 rings (SSSR count). The molecule has 0 spiro atoms. The standard InChI is InChI=1S/C11H11BrO/c1-7-3-4-8-5-11(13-2)10(12)6-9(7)8/h3,5-6H,4H2,1-2H3. The molecule has 1 aliphatic rings. The number of methoxy groups -OCH3 is 1. The fourth-order valence-corrected chi connectivity index (χ4v) is 2.17. The van der Waals surface area contributed by atoms with Gasteiger partial charge in [-0.3, -0.25) is 0 Å². The molecule has 13 heavy (non-hydrogen) atoms. The Morgan fingerprint density at radius 2 is 2.15 bits per heavy atom. The van der Waals surface area contributed by atoms with Crippen molar-refractivity contribution in [2.24, 2.45) is 0 Å². The molecule has 0 atom stereocenters. The van der Waals surface area contributed by atoms with Crippen LogP contribution in [0, 0.1) is 0 Å². The summed E-state index contributed by atoms with van der Waals surface area (Å²) in [5, 5.41) is 0. The summed E-state index contributed by atoms with van der Waals surface area (Å²) >= 11 is 3.49. The lowest BCUT2D eigenvalue weighted by molar-refractivity contribution is 0.411. The molecule has 68 valence electrons. The Balaban J connectivity index is 2.55. The fourth-order valence-electron chi connectivity index (χ4n) is 1.66. The van der Waals surface area contributed by atoms with E-state index in [4.69, 9.17) is 4.74 Å². The molecule has 0 bridgehead atoms. The highest BCUT2D eigenvalue weighted by atomic mass is 79.9. The number of hydrogen-bond acceptors (Lipinski definition) is 1. The van der Waals surface area contributed by atoms with Crippen LogP contribution < -0.4 is 4.74 Å². The van der Waals surface area contributed by atoms with Gasteiger partial charge in [-0.1, -0.05) is 6.08 Å². The molecule has 1 nitrogen and oxygen atoms in total. The van der Waals surface area contributed by atoms with Crippen molar-refractivity contribution in [1.29, 1.82) is 0 Å². The third-order valence-electron chi connectivity index (χ3n) is 2.43. The van der Waals surface area contributed by atoms with Gasteiger partial charge in [0, 0.05) is 0 Å². The first-order chi connectivity index (χ1) is 6.22. The number of benzene rings is 1. The number of rotatable bonds is 1. The van der Waals surface area contributed by atoms with Gasteiger partial charge in [-0.2, -0.15) is 0 Å². The average molecular weight is 239 g/mol. The first kappa shape index (κ1) is 8.82. The first-order valence-corrected chi connectivity index (χ1v) is 5.05. The molecule has 0 heterocycles. The van der Waals surface area contributed by atoms with Crippen LogP contribution in [0.1, 0.15) is 18.1 Å². The van der Waals surface area contributed by atoms with Crippen LogP contribution in [0.15, 0.2) is 22.7 Å². The van der Waals surface area contributed by atoms with E-state index in [0.717, 1.165) is 16.6 Å². The molecule has 1 aliphatic carbocycles. The molecule has 0 aliphatic heterocycles. The van der Waals surface area contributed by atoms with Gasteiger partial charge < -0.3 is 4.74 Å². The van der Waals surface area contributed by atoms with E-state index >= 15 is 0 Å². The molecule has 0 N–H and O–H groups in total. The van der Waals surface area contributed by atoms with Gasteiger partial charge in [0.1, 0.15) is 5.75 Å². The lowest BCUT2D eigenvalue weighted by Gasteiger charge is -2.07. The number of ether oxygens (including phenoxy) is 1. The van der Waals surface area contributed by atoms with Crippen LogP contribution >= 0.6 is 15.9 Å². The molecule has 0 saturated carbocycles. The number of allylic oxidation sites excluding steroid dienone is 2. The summed E-state index contributed by atoms with van der Waals surface area (Å²) in [7, 11) is 1.70. The summed E-state index contributed by atoms with van der Waals surface area (Å²) < 4.78 is 6.27. The Morgan fingerprint density at radius 1 is 1.38 bits per heavy atom. The molecule has 0 saturated heterocycles. The van der Waals surface area contributed by atoms with Crippen molar-refractivity contribution in [2.75, 3.05) is 7.11 Å². The normalized spacial score (nSPS) is 13.9. The Hall–Kier alpha value is -0.760. The van der Waals surface area contributed by atoms with Crippen LogP contribution in [0.4, 0.5) is 0 Å². The van der Waals surface area contributed by atoms with E-state index in [2.05, 4.69) is 41.1 Å². The van der Waals surface area contributed by atoms with Gasteiger partial charge >= 0.3 is 0 Å².